The number of hydrogen-bond donors (Lipinski definition) is 1. The second kappa shape index (κ2) is 6.70. The number of carbonyl (C=O) groups excluding carboxylic acids is 2. The number of nitrogens with one attached hydrogen (secondary N) is 1. The second-order valence-corrected chi connectivity index (χ2v) is 7.42. The van der Waals surface area contributed by atoms with Gasteiger partial charge in [0.1, 0.15) is 0 Å². The van der Waals surface area contributed by atoms with Gasteiger partial charge in [-0.15, -0.1) is 11.3 Å². The Hall–Kier alpha value is -1.21. The van der Waals surface area contributed by atoms with Crippen molar-refractivity contribution in [3.05, 3.63) is 21.9 Å². The highest BCUT2D eigenvalue weighted by molar-refractivity contribution is 7.99. The predicted molar refractivity (Wildman–Crippen MR) is 85.7 cm³/mol. The molecule has 0 unspecified atom stereocenters. The highest BCUT2D eigenvalue weighted by atomic mass is 32.2. The Bertz CT molecular complexity index is 526. The first kappa shape index (κ1) is 14.7. The number of hydrogen-bond acceptors (Lipinski definition) is 4. The number of fused-ring (bicyclic) bond motifs is 1. The van der Waals surface area contributed by atoms with Crippen LogP contribution in [0.25, 0.3) is 0 Å². The molecule has 0 bridgehead atoms. The van der Waals surface area contributed by atoms with Gasteiger partial charge in [0.25, 0.3) is 0 Å². The van der Waals surface area contributed by atoms with Crippen LogP contribution in [0.3, 0.4) is 0 Å². The lowest BCUT2D eigenvalue weighted by Crippen LogP contribution is -2.48. The Labute approximate surface area is 132 Å². The molecule has 1 aromatic rings. The van der Waals surface area contributed by atoms with Crippen LogP contribution in [-0.2, 0) is 17.8 Å². The van der Waals surface area contributed by atoms with Crippen molar-refractivity contribution in [2.45, 2.75) is 13.0 Å². The Morgan fingerprint density at radius 3 is 2.81 bits per heavy atom. The van der Waals surface area contributed by atoms with Gasteiger partial charge < -0.3 is 15.1 Å². The van der Waals surface area contributed by atoms with E-state index in [2.05, 4.69) is 16.8 Å². The van der Waals surface area contributed by atoms with E-state index in [-0.39, 0.29) is 18.5 Å². The summed E-state index contributed by atoms with van der Waals surface area (Å²) in [6.07, 6.45) is 0.927. The number of nitrogens with zero attached hydrogens (tertiary/aromatic N) is 2. The van der Waals surface area contributed by atoms with Gasteiger partial charge in [0.05, 0.1) is 6.54 Å². The fourth-order valence-corrected chi connectivity index (χ4v) is 4.40. The summed E-state index contributed by atoms with van der Waals surface area (Å²) in [5.74, 6) is 1.97. The number of thiophene rings is 1. The summed E-state index contributed by atoms with van der Waals surface area (Å²) in [5, 5.41) is 4.83. The SMILES string of the molecule is O=C(CNC(=O)N1CCSCC1)N1CCc2sccc2C1. The van der Waals surface area contributed by atoms with Gasteiger partial charge >= 0.3 is 6.03 Å². The molecule has 3 heterocycles. The van der Waals surface area contributed by atoms with Gasteiger partial charge in [-0.25, -0.2) is 4.79 Å². The molecule has 0 saturated carbocycles. The normalized spacial score (nSPS) is 18.3. The summed E-state index contributed by atoms with van der Waals surface area (Å²) in [6.45, 7) is 3.07. The molecule has 7 heteroatoms. The molecule has 0 aliphatic carbocycles. The highest BCUT2D eigenvalue weighted by Crippen LogP contribution is 2.23. The zero-order chi connectivity index (χ0) is 14.7. The van der Waals surface area contributed by atoms with Crippen LogP contribution >= 0.6 is 23.1 Å². The molecule has 1 N–H and O–H groups in total. The number of rotatable bonds is 2. The van der Waals surface area contributed by atoms with Crippen molar-refractivity contribution in [2.75, 3.05) is 37.7 Å². The van der Waals surface area contributed by atoms with E-state index in [0.29, 0.717) is 6.54 Å². The molecular weight excluding hydrogens is 306 g/mol. The minimum atomic E-state index is -0.114. The molecule has 2 aliphatic rings. The third-order valence-corrected chi connectivity index (χ3v) is 5.82. The van der Waals surface area contributed by atoms with Crippen molar-refractivity contribution >= 4 is 35.0 Å². The van der Waals surface area contributed by atoms with Crippen LogP contribution in [0.4, 0.5) is 4.79 Å². The molecule has 21 heavy (non-hydrogen) atoms. The van der Waals surface area contributed by atoms with Crippen molar-refractivity contribution in [1.82, 2.24) is 15.1 Å². The van der Waals surface area contributed by atoms with Crippen LogP contribution in [-0.4, -0.2) is 59.4 Å². The molecule has 5 nitrogen and oxygen atoms in total. The van der Waals surface area contributed by atoms with Crippen molar-refractivity contribution in [3.63, 3.8) is 0 Å². The van der Waals surface area contributed by atoms with E-state index >= 15 is 0 Å². The van der Waals surface area contributed by atoms with Crippen molar-refractivity contribution in [1.29, 1.82) is 0 Å². The number of urea groups is 1. The Morgan fingerprint density at radius 2 is 2.00 bits per heavy atom. The fraction of sp³-hybridized carbons (Fsp3) is 0.571. The van der Waals surface area contributed by atoms with Gasteiger partial charge in [-0.05, 0) is 23.4 Å². The van der Waals surface area contributed by atoms with E-state index in [0.717, 1.165) is 37.6 Å². The third-order valence-electron chi connectivity index (χ3n) is 3.85. The fourth-order valence-electron chi connectivity index (χ4n) is 2.60. The van der Waals surface area contributed by atoms with Gasteiger partial charge in [-0.3, -0.25) is 4.79 Å². The van der Waals surface area contributed by atoms with Crippen LogP contribution in [0.15, 0.2) is 11.4 Å². The molecule has 1 fully saturated rings. The van der Waals surface area contributed by atoms with Crippen LogP contribution in [0.5, 0.6) is 0 Å². The van der Waals surface area contributed by atoms with Gasteiger partial charge in [0.15, 0.2) is 0 Å². The summed E-state index contributed by atoms with van der Waals surface area (Å²) in [5.41, 5.74) is 1.25. The summed E-state index contributed by atoms with van der Waals surface area (Å²) >= 11 is 3.62. The monoisotopic (exact) mass is 325 g/mol. The first-order chi connectivity index (χ1) is 10.2. The van der Waals surface area contributed by atoms with Crippen molar-refractivity contribution in [3.8, 4) is 0 Å². The maximum absolute atomic E-state index is 12.2. The average molecular weight is 325 g/mol. The average Bonchev–Trinajstić information content (AvgIpc) is 3.00. The largest absolute Gasteiger partial charge is 0.336 e. The zero-order valence-corrected chi connectivity index (χ0v) is 13.5. The minimum absolute atomic E-state index is 0.00610. The molecule has 1 aromatic heterocycles. The summed E-state index contributed by atoms with van der Waals surface area (Å²) in [6, 6.07) is 1.97. The number of thioether (sulfide) groups is 1. The van der Waals surface area contributed by atoms with Crippen LogP contribution in [0.1, 0.15) is 10.4 Å². The lowest BCUT2D eigenvalue weighted by Gasteiger charge is -2.29. The Morgan fingerprint density at radius 1 is 1.19 bits per heavy atom. The Kier molecular flexibility index (Phi) is 4.70. The minimum Gasteiger partial charge on any atom is -0.336 e. The molecule has 1 saturated heterocycles. The molecule has 0 spiro atoms. The van der Waals surface area contributed by atoms with E-state index in [1.165, 1.54) is 10.4 Å². The predicted octanol–water partition coefficient (Wildman–Crippen LogP) is 1.39. The lowest BCUT2D eigenvalue weighted by molar-refractivity contribution is -0.131. The number of amides is 3. The van der Waals surface area contributed by atoms with E-state index in [1.54, 1.807) is 16.2 Å². The Balaban J connectivity index is 1.47. The van der Waals surface area contributed by atoms with Gasteiger partial charge in [0, 0.05) is 42.6 Å². The van der Waals surface area contributed by atoms with Crippen LogP contribution in [0, 0.1) is 0 Å². The molecule has 0 aromatic carbocycles. The maximum Gasteiger partial charge on any atom is 0.317 e. The molecule has 3 rings (SSSR count). The highest BCUT2D eigenvalue weighted by Gasteiger charge is 2.23. The second-order valence-electron chi connectivity index (χ2n) is 5.19. The van der Waals surface area contributed by atoms with Crippen molar-refractivity contribution in [2.24, 2.45) is 0 Å². The lowest BCUT2D eigenvalue weighted by atomic mass is 10.1. The molecule has 0 radical (unpaired) electrons. The maximum atomic E-state index is 12.2. The molecule has 3 amide bonds. The van der Waals surface area contributed by atoms with E-state index in [9.17, 15) is 9.59 Å². The van der Waals surface area contributed by atoms with E-state index in [4.69, 9.17) is 0 Å². The van der Waals surface area contributed by atoms with Gasteiger partial charge in [0.2, 0.25) is 5.91 Å². The first-order valence-electron chi connectivity index (χ1n) is 7.17. The standard InChI is InChI=1S/C14H19N3O2S2/c18-13(9-15-14(19)16-4-7-20-8-5-16)17-3-1-12-11(10-17)2-6-21-12/h2,6H,1,3-5,7-10H2,(H,15,19). The third kappa shape index (κ3) is 3.52. The molecule has 114 valence electrons. The van der Waals surface area contributed by atoms with Gasteiger partial charge in [-0.1, -0.05) is 0 Å². The summed E-state index contributed by atoms with van der Waals surface area (Å²) in [4.78, 5) is 29.2. The van der Waals surface area contributed by atoms with E-state index in [1.807, 2.05) is 16.7 Å². The van der Waals surface area contributed by atoms with Crippen LogP contribution in [0.2, 0.25) is 0 Å². The zero-order valence-electron chi connectivity index (χ0n) is 11.8. The molecule has 2 aliphatic heterocycles. The number of carbonyl (C=O) groups is 2. The molecular formula is C14H19N3O2S2. The summed E-state index contributed by atoms with van der Waals surface area (Å²) in [7, 11) is 0. The summed E-state index contributed by atoms with van der Waals surface area (Å²) < 4.78 is 0. The van der Waals surface area contributed by atoms with Crippen LogP contribution < -0.4 is 5.32 Å². The van der Waals surface area contributed by atoms with E-state index < -0.39 is 0 Å². The topological polar surface area (TPSA) is 52.7 Å². The van der Waals surface area contributed by atoms with Crippen molar-refractivity contribution < 1.29 is 9.59 Å². The quantitative estimate of drug-likeness (QED) is 0.894. The molecule has 0 atom stereocenters. The van der Waals surface area contributed by atoms with Gasteiger partial charge in [-0.2, -0.15) is 11.8 Å². The smallest absolute Gasteiger partial charge is 0.317 e. The first-order valence-corrected chi connectivity index (χ1v) is 9.21.